The highest BCUT2D eigenvalue weighted by Crippen LogP contribution is 2.36. The zero-order chi connectivity index (χ0) is 21.1. The number of ether oxygens (including phenoxy) is 2. The van der Waals surface area contributed by atoms with Crippen LogP contribution in [-0.4, -0.2) is 39.7 Å². The van der Waals surface area contributed by atoms with Crippen LogP contribution in [-0.2, 0) is 17.8 Å². The Balaban J connectivity index is 0.00000320. The van der Waals surface area contributed by atoms with Crippen LogP contribution >= 0.6 is 24.0 Å². The fraction of sp³-hybridized carbons (Fsp3) is 0.368. The van der Waals surface area contributed by atoms with Gasteiger partial charge in [-0.25, -0.2) is 9.50 Å². The SMILES string of the molecule is COc1cc(OC)c(NC(=O)CCc2c(C)nc3nc(CN)nn3c2C)cc1Cl.Cl. The third kappa shape index (κ3) is 4.75. The standard InChI is InChI=1S/C19H23ClN6O3.ClH/c1-10-12(11(2)26-19(22-10)24-17(9-21)25-26)5-6-18(27)23-14-7-13(20)15(28-3)8-16(14)29-4;/h7-8H,5-6,9,21H2,1-4H3,(H,23,27);1H. The molecule has 0 aliphatic heterocycles. The van der Waals surface area contributed by atoms with Crippen molar-refractivity contribution in [3.8, 4) is 11.5 Å². The normalized spacial score (nSPS) is 10.6. The van der Waals surface area contributed by atoms with Crippen molar-refractivity contribution in [2.75, 3.05) is 19.5 Å². The predicted octanol–water partition coefficient (Wildman–Crippen LogP) is 2.86. The van der Waals surface area contributed by atoms with Crippen LogP contribution in [0.5, 0.6) is 11.5 Å². The van der Waals surface area contributed by atoms with Gasteiger partial charge in [0, 0.05) is 23.9 Å². The van der Waals surface area contributed by atoms with Crippen molar-refractivity contribution in [2.45, 2.75) is 33.2 Å². The van der Waals surface area contributed by atoms with Crippen LogP contribution in [0.25, 0.3) is 5.78 Å². The van der Waals surface area contributed by atoms with E-state index >= 15 is 0 Å². The molecule has 2 heterocycles. The molecule has 30 heavy (non-hydrogen) atoms. The summed E-state index contributed by atoms with van der Waals surface area (Å²) >= 11 is 6.16. The topological polar surface area (TPSA) is 117 Å². The van der Waals surface area contributed by atoms with E-state index in [1.807, 2.05) is 13.8 Å². The second-order valence-electron chi connectivity index (χ2n) is 6.44. The monoisotopic (exact) mass is 454 g/mol. The van der Waals surface area contributed by atoms with Crippen LogP contribution in [0.4, 0.5) is 5.69 Å². The molecule has 0 bridgehead atoms. The van der Waals surface area contributed by atoms with Crippen molar-refractivity contribution in [1.82, 2.24) is 19.6 Å². The first-order valence-electron chi connectivity index (χ1n) is 9.01. The molecule has 162 valence electrons. The Morgan fingerprint density at radius 3 is 2.53 bits per heavy atom. The number of halogens is 2. The summed E-state index contributed by atoms with van der Waals surface area (Å²) in [5, 5.41) is 7.57. The van der Waals surface area contributed by atoms with Gasteiger partial charge >= 0.3 is 0 Å². The number of amides is 1. The average molecular weight is 455 g/mol. The van der Waals surface area contributed by atoms with E-state index in [9.17, 15) is 4.79 Å². The second-order valence-corrected chi connectivity index (χ2v) is 6.85. The number of aryl methyl sites for hydroxylation is 2. The number of rotatable bonds is 7. The lowest BCUT2D eigenvalue weighted by atomic mass is 10.1. The van der Waals surface area contributed by atoms with Gasteiger partial charge in [-0.1, -0.05) is 11.6 Å². The largest absolute Gasteiger partial charge is 0.495 e. The minimum absolute atomic E-state index is 0. The Morgan fingerprint density at radius 1 is 1.20 bits per heavy atom. The lowest BCUT2D eigenvalue weighted by molar-refractivity contribution is -0.116. The smallest absolute Gasteiger partial charge is 0.252 e. The van der Waals surface area contributed by atoms with Gasteiger partial charge in [0.05, 0.1) is 31.5 Å². The number of hydrogen-bond acceptors (Lipinski definition) is 7. The van der Waals surface area contributed by atoms with E-state index in [1.165, 1.54) is 14.2 Å². The Morgan fingerprint density at radius 2 is 1.90 bits per heavy atom. The summed E-state index contributed by atoms with van der Waals surface area (Å²) in [6.07, 6.45) is 0.747. The maximum atomic E-state index is 12.5. The highest BCUT2D eigenvalue weighted by atomic mass is 35.5. The van der Waals surface area contributed by atoms with Crippen molar-refractivity contribution >= 4 is 41.4 Å². The zero-order valence-electron chi connectivity index (χ0n) is 17.2. The minimum atomic E-state index is -0.176. The van der Waals surface area contributed by atoms with Crippen LogP contribution in [0.15, 0.2) is 12.1 Å². The molecule has 0 radical (unpaired) electrons. The molecule has 0 fully saturated rings. The van der Waals surface area contributed by atoms with E-state index in [4.69, 9.17) is 26.8 Å². The summed E-state index contributed by atoms with van der Waals surface area (Å²) in [6.45, 7) is 4.06. The third-order valence-electron chi connectivity index (χ3n) is 4.63. The molecule has 0 aliphatic rings. The van der Waals surface area contributed by atoms with Crippen molar-refractivity contribution in [3.63, 3.8) is 0 Å². The molecule has 3 rings (SSSR count). The number of hydrogen-bond donors (Lipinski definition) is 2. The first-order valence-corrected chi connectivity index (χ1v) is 9.38. The number of fused-ring (bicyclic) bond motifs is 1. The number of anilines is 1. The fourth-order valence-corrected chi connectivity index (χ4v) is 3.35. The van der Waals surface area contributed by atoms with Crippen LogP contribution in [0.3, 0.4) is 0 Å². The summed E-state index contributed by atoms with van der Waals surface area (Å²) in [5.41, 5.74) is 8.74. The molecule has 0 saturated carbocycles. The molecule has 0 aliphatic carbocycles. The Bertz CT molecular complexity index is 1070. The van der Waals surface area contributed by atoms with Crippen LogP contribution in [0, 0.1) is 13.8 Å². The molecule has 0 saturated heterocycles. The fourth-order valence-electron chi connectivity index (χ4n) is 3.11. The second kappa shape index (κ2) is 9.92. The van der Waals surface area contributed by atoms with E-state index in [0.717, 1.165) is 17.0 Å². The highest BCUT2D eigenvalue weighted by molar-refractivity contribution is 6.32. The van der Waals surface area contributed by atoms with Crippen molar-refractivity contribution in [3.05, 3.63) is 39.9 Å². The number of aromatic nitrogens is 4. The van der Waals surface area contributed by atoms with E-state index in [2.05, 4.69) is 20.4 Å². The van der Waals surface area contributed by atoms with Crippen molar-refractivity contribution in [2.24, 2.45) is 5.73 Å². The molecular formula is C19H24Cl2N6O3. The van der Waals surface area contributed by atoms with E-state index in [1.54, 1.807) is 16.6 Å². The first-order chi connectivity index (χ1) is 13.9. The molecule has 3 N–H and O–H groups in total. The number of nitrogens with two attached hydrogens (primary N) is 1. The molecule has 3 aromatic rings. The zero-order valence-corrected chi connectivity index (χ0v) is 18.7. The third-order valence-corrected chi connectivity index (χ3v) is 4.92. The molecule has 9 nitrogen and oxygen atoms in total. The number of methoxy groups -OCH3 is 2. The lowest BCUT2D eigenvalue weighted by Gasteiger charge is -2.14. The van der Waals surface area contributed by atoms with Crippen LogP contribution in [0.2, 0.25) is 5.02 Å². The molecule has 0 unspecified atom stereocenters. The van der Waals surface area contributed by atoms with Crippen LogP contribution < -0.4 is 20.5 Å². The maximum Gasteiger partial charge on any atom is 0.252 e. The molecule has 2 aromatic heterocycles. The number of nitrogens with one attached hydrogen (secondary N) is 1. The van der Waals surface area contributed by atoms with E-state index in [-0.39, 0.29) is 31.3 Å². The van der Waals surface area contributed by atoms with Gasteiger partial charge in [0.25, 0.3) is 5.78 Å². The molecule has 1 aromatic carbocycles. The number of benzene rings is 1. The number of nitrogens with zero attached hydrogens (tertiary/aromatic N) is 4. The molecule has 0 atom stereocenters. The van der Waals surface area contributed by atoms with Gasteiger partial charge in [-0.05, 0) is 31.9 Å². The lowest BCUT2D eigenvalue weighted by Crippen LogP contribution is -2.15. The Kier molecular flexibility index (Phi) is 7.83. The summed E-state index contributed by atoms with van der Waals surface area (Å²) < 4.78 is 12.1. The van der Waals surface area contributed by atoms with Crippen molar-refractivity contribution in [1.29, 1.82) is 0 Å². The van der Waals surface area contributed by atoms with Gasteiger partial charge in [0.1, 0.15) is 11.5 Å². The number of carbonyl (C=O) groups is 1. The van der Waals surface area contributed by atoms with Gasteiger partial charge in [0.15, 0.2) is 5.82 Å². The van der Waals surface area contributed by atoms with Crippen LogP contribution in [0.1, 0.15) is 29.2 Å². The quantitative estimate of drug-likeness (QED) is 0.563. The van der Waals surface area contributed by atoms with Gasteiger partial charge in [0.2, 0.25) is 5.91 Å². The summed E-state index contributed by atoms with van der Waals surface area (Å²) in [4.78, 5) is 21.3. The molecular weight excluding hydrogens is 431 g/mol. The van der Waals surface area contributed by atoms with Gasteiger partial charge < -0.3 is 20.5 Å². The summed E-state index contributed by atoms with van der Waals surface area (Å²) in [7, 11) is 3.03. The van der Waals surface area contributed by atoms with Gasteiger partial charge in [-0.2, -0.15) is 4.98 Å². The van der Waals surface area contributed by atoms with Gasteiger partial charge in [-0.15, -0.1) is 17.5 Å². The highest BCUT2D eigenvalue weighted by Gasteiger charge is 2.16. The van der Waals surface area contributed by atoms with Crippen molar-refractivity contribution < 1.29 is 14.3 Å². The molecule has 11 heteroatoms. The Hall–Kier alpha value is -2.62. The summed E-state index contributed by atoms with van der Waals surface area (Å²) in [6, 6.07) is 3.23. The van der Waals surface area contributed by atoms with E-state index in [0.29, 0.717) is 40.2 Å². The minimum Gasteiger partial charge on any atom is -0.495 e. The first kappa shape index (κ1) is 23.7. The Labute approximate surface area is 185 Å². The summed E-state index contributed by atoms with van der Waals surface area (Å²) in [5.74, 6) is 1.79. The van der Waals surface area contributed by atoms with Gasteiger partial charge in [-0.3, -0.25) is 4.79 Å². The number of carbonyl (C=O) groups excluding carboxylic acids is 1. The molecule has 1 amide bonds. The predicted molar refractivity (Wildman–Crippen MR) is 117 cm³/mol. The maximum absolute atomic E-state index is 12.5. The molecule has 0 spiro atoms. The average Bonchev–Trinajstić information content (AvgIpc) is 3.11. The van der Waals surface area contributed by atoms with E-state index < -0.39 is 0 Å².